The van der Waals surface area contributed by atoms with Crippen LogP contribution in [0.25, 0.3) is 0 Å². The number of carbonyl (C=O) groups is 1. The van der Waals surface area contributed by atoms with Gasteiger partial charge in [0.25, 0.3) is 0 Å². The highest BCUT2D eigenvalue weighted by Gasteiger charge is 2.20. The molecule has 1 amide bonds. The predicted octanol–water partition coefficient (Wildman–Crippen LogP) is 0.979. The van der Waals surface area contributed by atoms with Gasteiger partial charge in [-0.2, -0.15) is 4.80 Å². The van der Waals surface area contributed by atoms with Gasteiger partial charge >= 0.3 is 6.09 Å². The minimum Gasteiger partial charge on any atom is -0.465 e. The van der Waals surface area contributed by atoms with E-state index in [1.807, 2.05) is 24.3 Å². The summed E-state index contributed by atoms with van der Waals surface area (Å²) >= 11 is 3.35. The van der Waals surface area contributed by atoms with Gasteiger partial charge in [0.1, 0.15) is 6.04 Å². The standard InChI is InChI=1S/C12H14BrN5O3/c13-9-3-1-8(2-4-9)7-10(14-12(20)21)11-15-17-18(16-11)5-6-19/h1-4,10,14,19H,5-7H2,(H,20,21). The molecule has 2 aromatic rings. The molecule has 0 fully saturated rings. The minimum absolute atomic E-state index is 0.112. The number of nitrogens with one attached hydrogen (secondary N) is 1. The second-order valence-electron chi connectivity index (χ2n) is 4.30. The van der Waals surface area contributed by atoms with Crippen LogP contribution in [0, 0.1) is 0 Å². The van der Waals surface area contributed by atoms with E-state index in [9.17, 15) is 4.79 Å². The highest BCUT2D eigenvalue weighted by Crippen LogP contribution is 2.17. The van der Waals surface area contributed by atoms with E-state index in [4.69, 9.17) is 10.2 Å². The molecule has 0 saturated carbocycles. The molecule has 2 rings (SSSR count). The monoisotopic (exact) mass is 355 g/mol. The van der Waals surface area contributed by atoms with Crippen molar-refractivity contribution in [2.75, 3.05) is 6.61 Å². The Balaban J connectivity index is 2.16. The SMILES string of the molecule is O=C(O)NC(Cc1ccc(Br)cc1)c1nnn(CCO)n1. The van der Waals surface area contributed by atoms with Gasteiger partial charge in [-0.15, -0.1) is 10.2 Å². The molecule has 0 saturated heterocycles. The van der Waals surface area contributed by atoms with Gasteiger partial charge in [-0.25, -0.2) is 4.79 Å². The summed E-state index contributed by atoms with van der Waals surface area (Å²) in [5.41, 5.74) is 0.940. The van der Waals surface area contributed by atoms with Crippen LogP contribution < -0.4 is 5.32 Å². The maximum atomic E-state index is 10.9. The Labute approximate surface area is 128 Å². The van der Waals surface area contributed by atoms with E-state index in [2.05, 4.69) is 36.7 Å². The molecule has 3 N–H and O–H groups in total. The molecule has 1 unspecified atom stereocenters. The van der Waals surface area contributed by atoms with E-state index in [0.717, 1.165) is 10.0 Å². The zero-order chi connectivity index (χ0) is 15.2. The first-order valence-electron chi connectivity index (χ1n) is 6.21. The number of aliphatic hydroxyl groups excluding tert-OH is 1. The number of rotatable bonds is 6. The van der Waals surface area contributed by atoms with Crippen molar-refractivity contribution in [2.45, 2.75) is 19.0 Å². The summed E-state index contributed by atoms with van der Waals surface area (Å²) in [5.74, 6) is 0.272. The lowest BCUT2D eigenvalue weighted by Crippen LogP contribution is -2.29. The Morgan fingerprint density at radius 1 is 1.38 bits per heavy atom. The van der Waals surface area contributed by atoms with Crippen molar-refractivity contribution < 1.29 is 15.0 Å². The zero-order valence-electron chi connectivity index (χ0n) is 11.0. The van der Waals surface area contributed by atoms with Gasteiger partial charge in [-0.3, -0.25) is 0 Å². The van der Waals surface area contributed by atoms with Gasteiger partial charge in [0.15, 0.2) is 5.82 Å². The number of aromatic nitrogens is 4. The first kappa shape index (κ1) is 15.4. The molecule has 21 heavy (non-hydrogen) atoms. The first-order valence-corrected chi connectivity index (χ1v) is 7.00. The number of carboxylic acid groups (broad SMARTS) is 1. The molecular weight excluding hydrogens is 342 g/mol. The second kappa shape index (κ2) is 7.14. The largest absolute Gasteiger partial charge is 0.465 e. The van der Waals surface area contributed by atoms with Crippen LogP contribution in [-0.2, 0) is 13.0 Å². The summed E-state index contributed by atoms with van der Waals surface area (Å²) in [6, 6.07) is 6.93. The number of hydrogen-bond acceptors (Lipinski definition) is 5. The van der Waals surface area contributed by atoms with Gasteiger partial charge < -0.3 is 15.5 Å². The maximum absolute atomic E-state index is 10.9. The third kappa shape index (κ3) is 4.50. The van der Waals surface area contributed by atoms with Gasteiger partial charge in [0.05, 0.1) is 13.2 Å². The lowest BCUT2D eigenvalue weighted by atomic mass is 10.1. The molecular formula is C12H14BrN5O3. The topological polar surface area (TPSA) is 113 Å². The van der Waals surface area contributed by atoms with Crippen molar-refractivity contribution in [1.29, 1.82) is 0 Å². The molecule has 0 aliphatic heterocycles. The fraction of sp³-hybridized carbons (Fsp3) is 0.333. The van der Waals surface area contributed by atoms with Crippen LogP contribution in [0.15, 0.2) is 28.7 Å². The molecule has 8 nitrogen and oxygen atoms in total. The molecule has 9 heteroatoms. The minimum atomic E-state index is -1.16. The van der Waals surface area contributed by atoms with Gasteiger partial charge in [-0.05, 0) is 22.9 Å². The number of nitrogens with zero attached hydrogens (tertiary/aromatic N) is 4. The fourth-order valence-corrected chi connectivity index (χ4v) is 2.06. The molecule has 1 atom stereocenters. The number of tetrazole rings is 1. The Hall–Kier alpha value is -2.00. The average Bonchev–Trinajstić information content (AvgIpc) is 2.89. The van der Waals surface area contributed by atoms with E-state index in [-0.39, 0.29) is 19.0 Å². The van der Waals surface area contributed by atoms with E-state index >= 15 is 0 Å². The lowest BCUT2D eigenvalue weighted by molar-refractivity contribution is 0.189. The van der Waals surface area contributed by atoms with Crippen molar-refractivity contribution in [3.63, 3.8) is 0 Å². The molecule has 0 spiro atoms. The van der Waals surface area contributed by atoms with E-state index in [1.54, 1.807) is 0 Å². The van der Waals surface area contributed by atoms with Crippen LogP contribution >= 0.6 is 15.9 Å². The summed E-state index contributed by atoms with van der Waals surface area (Å²) in [6.45, 7) is 0.102. The number of benzene rings is 1. The maximum Gasteiger partial charge on any atom is 0.405 e. The fourth-order valence-electron chi connectivity index (χ4n) is 1.79. The smallest absolute Gasteiger partial charge is 0.405 e. The summed E-state index contributed by atoms with van der Waals surface area (Å²) < 4.78 is 0.945. The van der Waals surface area contributed by atoms with Crippen molar-refractivity contribution in [3.05, 3.63) is 40.1 Å². The molecule has 0 bridgehead atoms. The molecule has 112 valence electrons. The summed E-state index contributed by atoms with van der Waals surface area (Å²) in [4.78, 5) is 12.1. The van der Waals surface area contributed by atoms with Crippen LogP contribution in [-0.4, -0.2) is 43.1 Å². The van der Waals surface area contributed by atoms with Crippen molar-refractivity contribution >= 4 is 22.0 Å². The van der Waals surface area contributed by atoms with Crippen LogP contribution in [0.2, 0.25) is 0 Å². The number of halogens is 1. The van der Waals surface area contributed by atoms with Crippen molar-refractivity contribution in [3.8, 4) is 0 Å². The molecule has 0 aliphatic rings. The van der Waals surface area contributed by atoms with E-state index < -0.39 is 12.1 Å². The number of hydrogen-bond donors (Lipinski definition) is 3. The van der Waals surface area contributed by atoms with Crippen LogP contribution in [0.1, 0.15) is 17.4 Å². The molecule has 0 aliphatic carbocycles. The quantitative estimate of drug-likeness (QED) is 0.711. The Bertz CT molecular complexity index is 601. The Morgan fingerprint density at radius 3 is 2.71 bits per heavy atom. The first-order chi connectivity index (χ1) is 10.1. The Kier molecular flexibility index (Phi) is 5.23. The summed E-state index contributed by atoms with van der Waals surface area (Å²) in [5, 5.41) is 31.8. The summed E-state index contributed by atoms with van der Waals surface area (Å²) in [7, 11) is 0. The molecule has 1 aromatic heterocycles. The highest BCUT2D eigenvalue weighted by atomic mass is 79.9. The third-order valence-electron chi connectivity index (χ3n) is 2.73. The van der Waals surface area contributed by atoms with E-state index in [1.165, 1.54) is 4.80 Å². The average molecular weight is 356 g/mol. The second-order valence-corrected chi connectivity index (χ2v) is 5.22. The zero-order valence-corrected chi connectivity index (χ0v) is 12.6. The number of amides is 1. The normalized spacial score (nSPS) is 12.1. The molecule has 1 heterocycles. The highest BCUT2D eigenvalue weighted by molar-refractivity contribution is 9.10. The number of aliphatic hydroxyl groups is 1. The predicted molar refractivity (Wildman–Crippen MR) is 76.7 cm³/mol. The van der Waals surface area contributed by atoms with Gasteiger partial charge in [0, 0.05) is 10.9 Å². The third-order valence-corrected chi connectivity index (χ3v) is 3.26. The lowest BCUT2D eigenvalue weighted by Gasteiger charge is -2.13. The van der Waals surface area contributed by atoms with Gasteiger partial charge in [0.2, 0.25) is 0 Å². The van der Waals surface area contributed by atoms with Crippen molar-refractivity contribution in [2.24, 2.45) is 0 Å². The van der Waals surface area contributed by atoms with Crippen LogP contribution in [0.4, 0.5) is 4.79 Å². The van der Waals surface area contributed by atoms with Crippen LogP contribution in [0.3, 0.4) is 0 Å². The van der Waals surface area contributed by atoms with Crippen molar-refractivity contribution in [1.82, 2.24) is 25.5 Å². The molecule has 1 aromatic carbocycles. The summed E-state index contributed by atoms with van der Waals surface area (Å²) in [6.07, 6.45) is -0.750. The van der Waals surface area contributed by atoms with Gasteiger partial charge in [-0.1, -0.05) is 28.1 Å². The Morgan fingerprint density at radius 2 is 2.10 bits per heavy atom. The van der Waals surface area contributed by atoms with Crippen LogP contribution in [0.5, 0.6) is 0 Å². The molecule has 0 radical (unpaired) electrons. The van der Waals surface area contributed by atoms with E-state index in [0.29, 0.717) is 6.42 Å².